The molecule has 1 fully saturated rings. The monoisotopic (exact) mass is 244 g/mol. The van der Waals surface area contributed by atoms with Gasteiger partial charge in [0.15, 0.2) is 0 Å². The maximum absolute atomic E-state index is 2.46. The summed E-state index contributed by atoms with van der Waals surface area (Å²) in [7, 11) is 0. The minimum atomic E-state index is 0.418. The number of hydrogen-bond donors (Lipinski definition) is 0. The Kier molecular flexibility index (Phi) is 3.84. The van der Waals surface area contributed by atoms with E-state index in [0.29, 0.717) is 10.8 Å². The van der Waals surface area contributed by atoms with E-state index in [4.69, 9.17) is 0 Å². The van der Waals surface area contributed by atoms with Gasteiger partial charge in [0.2, 0.25) is 0 Å². The van der Waals surface area contributed by atoms with Gasteiger partial charge in [-0.1, -0.05) is 64.4 Å². The standard InChI is InChI=1S/C18H28/c1-5-17(2,3)15-11-13-18(4,14-12-15)16-9-7-6-8-10-16/h6-10,15H,5,11-14H2,1-4H3. The predicted octanol–water partition coefficient (Wildman–Crippen LogP) is 5.57. The molecule has 0 heterocycles. The van der Waals surface area contributed by atoms with Gasteiger partial charge in [0.25, 0.3) is 0 Å². The van der Waals surface area contributed by atoms with Crippen LogP contribution in [0.4, 0.5) is 0 Å². The molecule has 1 aliphatic rings. The first-order valence-electron chi connectivity index (χ1n) is 7.53. The van der Waals surface area contributed by atoms with Crippen LogP contribution in [0.25, 0.3) is 0 Å². The van der Waals surface area contributed by atoms with Gasteiger partial charge in [-0.15, -0.1) is 0 Å². The summed E-state index contributed by atoms with van der Waals surface area (Å²) in [6.07, 6.45) is 6.80. The van der Waals surface area contributed by atoms with Crippen LogP contribution in [0.1, 0.15) is 65.4 Å². The van der Waals surface area contributed by atoms with Crippen molar-refractivity contribution in [1.29, 1.82) is 0 Å². The summed E-state index contributed by atoms with van der Waals surface area (Å²) in [5, 5.41) is 0. The zero-order chi connectivity index (χ0) is 13.2. The van der Waals surface area contributed by atoms with Crippen LogP contribution < -0.4 is 0 Å². The molecule has 18 heavy (non-hydrogen) atoms. The largest absolute Gasteiger partial charge is 0.0649 e. The van der Waals surface area contributed by atoms with Gasteiger partial charge in [-0.2, -0.15) is 0 Å². The Hall–Kier alpha value is -0.780. The third-order valence-electron chi connectivity index (χ3n) is 5.58. The predicted molar refractivity (Wildman–Crippen MR) is 79.8 cm³/mol. The Morgan fingerprint density at radius 1 is 1.11 bits per heavy atom. The van der Waals surface area contributed by atoms with Crippen molar-refractivity contribution in [2.75, 3.05) is 0 Å². The van der Waals surface area contributed by atoms with Crippen LogP contribution in [0, 0.1) is 11.3 Å². The summed E-state index contributed by atoms with van der Waals surface area (Å²) >= 11 is 0. The number of rotatable bonds is 3. The first-order valence-corrected chi connectivity index (χ1v) is 7.53. The zero-order valence-electron chi connectivity index (χ0n) is 12.5. The van der Waals surface area contributed by atoms with Gasteiger partial charge in [0.1, 0.15) is 0 Å². The van der Waals surface area contributed by atoms with E-state index in [1.54, 1.807) is 0 Å². The molecule has 0 radical (unpaired) electrons. The molecule has 0 aromatic heterocycles. The van der Waals surface area contributed by atoms with Crippen molar-refractivity contribution >= 4 is 0 Å². The molecule has 0 saturated heterocycles. The second-order valence-corrected chi connectivity index (χ2v) is 7.04. The number of benzene rings is 1. The van der Waals surface area contributed by atoms with Crippen LogP contribution >= 0.6 is 0 Å². The van der Waals surface area contributed by atoms with E-state index in [-0.39, 0.29) is 0 Å². The van der Waals surface area contributed by atoms with Crippen LogP contribution in [0.2, 0.25) is 0 Å². The van der Waals surface area contributed by atoms with Gasteiger partial charge in [-0.25, -0.2) is 0 Å². The van der Waals surface area contributed by atoms with Gasteiger partial charge < -0.3 is 0 Å². The molecule has 1 saturated carbocycles. The van der Waals surface area contributed by atoms with Gasteiger partial charge in [0.05, 0.1) is 0 Å². The molecule has 0 atom stereocenters. The second kappa shape index (κ2) is 5.07. The fourth-order valence-corrected chi connectivity index (χ4v) is 3.45. The molecule has 1 aromatic rings. The van der Waals surface area contributed by atoms with Crippen molar-refractivity contribution in [1.82, 2.24) is 0 Å². The Bertz CT molecular complexity index is 366. The second-order valence-electron chi connectivity index (χ2n) is 7.04. The average molecular weight is 244 g/mol. The minimum absolute atomic E-state index is 0.418. The Morgan fingerprint density at radius 2 is 1.67 bits per heavy atom. The molecular weight excluding hydrogens is 216 g/mol. The van der Waals surface area contributed by atoms with Crippen molar-refractivity contribution in [3.63, 3.8) is 0 Å². The lowest BCUT2D eigenvalue weighted by atomic mass is 9.61. The molecular formula is C18H28. The van der Waals surface area contributed by atoms with Crippen molar-refractivity contribution in [2.45, 2.75) is 65.2 Å². The van der Waals surface area contributed by atoms with Crippen molar-refractivity contribution < 1.29 is 0 Å². The zero-order valence-corrected chi connectivity index (χ0v) is 12.5. The molecule has 0 unspecified atom stereocenters. The SMILES string of the molecule is CCC(C)(C)C1CCC(C)(c2ccccc2)CC1. The summed E-state index contributed by atoms with van der Waals surface area (Å²) in [5.41, 5.74) is 2.48. The highest BCUT2D eigenvalue weighted by Gasteiger charge is 2.37. The molecule has 2 rings (SSSR count). The highest BCUT2D eigenvalue weighted by Crippen LogP contribution is 2.47. The van der Waals surface area contributed by atoms with Gasteiger partial charge >= 0.3 is 0 Å². The molecule has 0 N–H and O–H groups in total. The van der Waals surface area contributed by atoms with Crippen LogP contribution in [-0.4, -0.2) is 0 Å². The Balaban J connectivity index is 2.06. The molecule has 0 heteroatoms. The quantitative estimate of drug-likeness (QED) is 0.652. The molecule has 0 spiro atoms. The summed E-state index contributed by atoms with van der Waals surface area (Å²) in [6.45, 7) is 9.69. The minimum Gasteiger partial charge on any atom is -0.0649 e. The fourth-order valence-electron chi connectivity index (χ4n) is 3.45. The summed E-state index contributed by atoms with van der Waals surface area (Å²) in [4.78, 5) is 0. The molecule has 0 amide bonds. The lowest BCUT2D eigenvalue weighted by Crippen LogP contribution is -2.34. The van der Waals surface area contributed by atoms with E-state index >= 15 is 0 Å². The maximum Gasteiger partial charge on any atom is -0.00750 e. The van der Waals surface area contributed by atoms with E-state index in [2.05, 4.69) is 58.0 Å². The van der Waals surface area contributed by atoms with Crippen LogP contribution in [0.5, 0.6) is 0 Å². The molecule has 1 aliphatic carbocycles. The lowest BCUT2D eigenvalue weighted by molar-refractivity contribution is 0.119. The molecule has 0 nitrogen and oxygen atoms in total. The molecule has 100 valence electrons. The fraction of sp³-hybridized carbons (Fsp3) is 0.667. The van der Waals surface area contributed by atoms with Crippen molar-refractivity contribution in [3.8, 4) is 0 Å². The molecule has 0 bridgehead atoms. The van der Waals surface area contributed by atoms with Gasteiger partial charge in [-0.05, 0) is 48.0 Å². The van der Waals surface area contributed by atoms with E-state index in [0.717, 1.165) is 5.92 Å². The van der Waals surface area contributed by atoms with E-state index in [1.807, 2.05) is 0 Å². The third-order valence-corrected chi connectivity index (χ3v) is 5.58. The van der Waals surface area contributed by atoms with Crippen molar-refractivity contribution in [3.05, 3.63) is 35.9 Å². The van der Waals surface area contributed by atoms with E-state index in [9.17, 15) is 0 Å². The molecule has 0 aliphatic heterocycles. The topological polar surface area (TPSA) is 0 Å². The highest BCUT2D eigenvalue weighted by atomic mass is 14.4. The average Bonchev–Trinajstić information content (AvgIpc) is 2.40. The summed E-state index contributed by atoms with van der Waals surface area (Å²) < 4.78 is 0. The van der Waals surface area contributed by atoms with Gasteiger partial charge in [0, 0.05) is 0 Å². The third kappa shape index (κ3) is 2.63. The Labute approximate surface area is 113 Å². The van der Waals surface area contributed by atoms with Crippen LogP contribution in [-0.2, 0) is 5.41 Å². The first kappa shape index (κ1) is 13.6. The van der Waals surface area contributed by atoms with E-state index in [1.165, 1.54) is 37.7 Å². The van der Waals surface area contributed by atoms with E-state index < -0.39 is 0 Å². The maximum atomic E-state index is 2.46. The van der Waals surface area contributed by atoms with Crippen LogP contribution in [0.15, 0.2) is 30.3 Å². The smallest absolute Gasteiger partial charge is 0.00750 e. The van der Waals surface area contributed by atoms with Gasteiger partial charge in [-0.3, -0.25) is 0 Å². The van der Waals surface area contributed by atoms with Crippen molar-refractivity contribution in [2.24, 2.45) is 11.3 Å². The first-order chi connectivity index (χ1) is 8.48. The number of hydrogen-bond acceptors (Lipinski definition) is 0. The Morgan fingerprint density at radius 3 is 2.17 bits per heavy atom. The molecule has 1 aromatic carbocycles. The normalized spacial score (nSPS) is 29.2. The summed E-state index contributed by atoms with van der Waals surface area (Å²) in [5.74, 6) is 0.916. The highest BCUT2D eigenvalue weighted by molar-refractivity contribution is 5.25. The summed E-state index contributed by atoms with van der Waals surface area (Å²) in [6, 6.07) is 11.1. The van der Waals surface area contributed by atoms with Crippen LogP contribution in [0.3, 0.4) is 0 Å². The lowest BCUT2D eigenvalue weighted by Gasteiger charge is -2.43.